The van der Waals surface area contributed by atoms with Crippen molar-refractivity contribution in [2.24, 2.45) is 0 Å². The number of likely N-dealkylation sites (tertiary alicyclic amines) is 1. The first-order chi connectivity index (χ1) is 7.56. The van der Waals surface area contributed by atoms with Crippen LogP contribution in [0.15, 0.2) is 0 Å². The first-order valence-corrected chi connectivity index (χ1v) is 5.30. The van der Waals surface area contributed by atoms with Crippen molar-refractivity contribution in [1.82, 2.24) is 15.5 Å². The molecule has 90 valence electrons. The number of piperidine rings is 1. The molecule has 1 aliphatic heterocycles. The van der Waals surface area contributed by atoms with E-state index < -0.39 is 0 Å². The van der Waals surface area contributed by atoms with Gasteiger partial charge in [0.25, 0.3) is 0 Å². The molecular formula is C10H17N3O3. The number of hydrogen-bond acceptors (Lipinski definition) is 4. The topological polar surface area (TPSA) is 78.5 Å². The molecule has 0 aliphatic carbocycles. The fourth-order valence-corrected chi connectivity index (χ4v) is 1.59. The standard InChI is InChI=1S/C10H17N3O3/c1-11-8(14)5-6-12-7-3-4-9(15)13(2)10(7)16/h7,12H,3-6H2,1-2H3,(H,11,14). The predicted octanol–water partition coefficient (Wildman–Crippen LogP) is -1.14. The van der Waals surface area contributed by atoms with E-state index in [1.54, 1.807) is 7.05 Å². The number of nitrogens with one attached hydrogen (secondary N) is 2. The van der Waals surface area contributed by atoms with Gasteiger partial charge < -0.3 is 10.6 Å². The van der Waals surface area contributed by atoms with E-state index in [1.807, 2.05) is 0 Å². The molecule has 6 heteroatoms. The van der Waals surface area contributed by atoms with E-state index in [0.717, 1.165) is 4.90 Å². The second-order valence-electron chi connectivity index (χ2n) is 3.76. The lowest BCUT2D eigenvalue weighted by molar-refractivity contribution is -0.148. The number of carbonyl (C=O) groups is 3. The van der Waals surface area contributed by atoms with E-state index in [0.29, 0.717) is 25.8 Å². The largest absolute Gasteiger partial charge is 0.359 e. The number of amides is 3. The highest BCUT2D eigenvalue weighted by molar-refractivity contribution is 6.00. The molecule has 0 spiro atoms. The molecule has 3 amide bonds. The van der Waals surface area contributed by atoms with Gasteiger partial charge in [-0.2, -0.15) is 0 Å². The number of nitrogens with zero attached hydrogens (tertiary/aromatic N) is 1. The van der Waals surface area contributed by atoms with Crippen molar-refractivity contribution in [2.45, 2.75) is 25.3 Å². The molecule has 6 nitrogen and oxygen atoms in total. The Kier molecular flexibility index (Phi) is 4.42. The molecule has 0 radical (unpaired) electrons. The van der Waals surface area contributed by atoms with Gasteiger partial charge in [-0.3, -0.25) is 19.3 Å². The molecule has 1 rings (SSSR count). The molecule has 0 bridgehead atoms. The summed E-state index contributed by atoms with van der Waals surface area (Å²) in [5.74, 6) is -0.428. The van der Waals surface area contributed by atoms with Gasteiger partial charge in [0.05, 0.1) is 6.04 Å². The number of carbonyl (C=O) groups excluding carboxylic acids is 3. The quantitative estimate of drug-likeness (QED) is 0.595. The van der Waals surface area contributed by atoms with E-state index in [-0.39, 0.29) is 23.8 Å². The van der Waals surface area contributed by atoms with Gasteiger partial charge in [-0.1, -0.05) is 0 Å². The Hall–Kier alpha value is -1.43. The molecule has 0 aromatic carbocycles. The second-order valence-corrected chi connectivity index (χ2v) is 3.76. The van der Waals surface area contributed by atoms with Gasteiger partial charge in [-0.25, -0.2) is 0 Å². The van der Waals surface area contributed by atoms with Crippen molar-refractivity contribution in [3.05, 3.63) is 0 Å². The number of hydrogen-bond donors (Lipinski definition) is 2. The van der Waals surface area contributed by atoms with Crippen LogP contribution in [0.25, 0.3) is 0 Å². The van der Waals surface area contributed by atoms with Crippen LogP contribution in [0.5, 0.6) is 0 Å². The molecule has 1 fully saturated rings. The highest BCUT2D eigenvalue weighted by Gasteiger charge is 2.31. The lowest BCUT2D eigenvalue weighted by Gasteiger charge is -2.28. The molecule has 0 saturated carbocycles. The van der Waals surface area contributed by atoms with Crippen LogP contribution in [0.4, 0.5) is 0 Å². The highest BCUT2D eigenvalue weighted by Crippen LogP contribution is 2.11. The monoisotopic (exact) mass is 227 g/mol. The van der Waals surface area contributed by atoms with Crippen LogP contribution in [-0.4, -0.2) is 49.3 Å². The Morgan fingerprint density at radius 2 is 2.19 bits per heavy atom. The van der Waals surface area contributed by atoms with Crippen LogP contribution in [0.2, 0.25) is 0 Å². The Labute approximate surface area is 94.4 Å². The van der Waals surface area contributed by atoms with Gasteiger partial charge in [0.1, 0.15) is 0 Å². The molecular weight excluding hydrogens is 210 g/mol. The van der Waals surface area contributed by atoms with Gasteiger partial charge in [-0.15, -0.1) is 0 Å². The average Bonchev–Trinajstić information content (AvgIpc) is 2.29. The molecule has 1 unspecified atom stereocenters. The molecule has 1 aliphatic rings. The van der Waals surface area contributed by atoms with Gasteiger partial charge in [0.15, 0.2) is 0 Å². The van der Waals surface area contributed by atoms with Gasteiger partial charge in [-0.05, 0) is 6.42 Å². The van der Waals surface area contributed by atoms with Gasteiger partial charge in [0, 0.05) is 33.5 Å². The molecule has 1 atom stereocenters. The minimum Gasteiger partial charge on any atom is -0.359 e. The summed E-state index contributed by atoms with van der Waals surface area (Å²) in [5.41, 5.74) is 0. The van der Waals surface area contributed by atoms with E-state index in [2.05, 4.69) is 10.6 Å². The Bertz CT molecular complexity index is 304. The van der Waals surface area contributed by atoms with Crippen LogP contribution >= 0.6 is 0 Å². The molecule has 16 heavy (non-hydrogen) atoms. The van der Waals surface area contributed by atoms with Crippen molar-refractivity contribution < 1.29 is 14.4 Å². The van der Waals surface area contributed by atoms with Crippen LogP contribution < -0.4 is 10.6 Å². The molecule has 0 aromatic rings. The summed E-state index contributed by atoms with van der Waals surface area (Å²) in [7, 11) is 3.05. The Morgan fingerprint density at radius 3 is 2.81 bits per heavy atom. The smallest absolute Gasteiger partial charge is 0.246 e. The maximum atomic E-state index is 11.6. The molecule has 1 heterocycles. The lowest BCUT2D eigenvalue weighted by atomic mass is 10.0. The summed E-state index contributed by atoms with van der Waals surface area (Å²) in [5, 5.41) is 5.48. The van der Waals surface area contributed by atoms with Crippen LogP contribution in [-0.2, 0) is 14.4 Å². The zero-order chi connectivity index (χ0) is 12.1. The van der Waals surface area contributed by atoms with Crippen molar-refractivity contribution in [2.75, 3.05) is 20.6 Å². The van der Waals surface area contributed by atoms with Gasteiger partial charge in [0.2, 0.25) is 17.7 Å². The summed E-state index contributed by atoms with van der Waals surface area (Å²) >= 11 is 0. The molecule has 0 aromatic heterocycles. The number of rotatable bonds is 4. The predicted molar refractivity (Wildman–Crippen MR) is 57.5 cm³/mol. The summed E-state index contributed by atoms with van der Waals surface area (Å²) in [6.07, 6.45) is 1.22. The number of imide groups is 1. The van der Waals surface area contributed by atoms with E-state index >= 15 is 0 Å². The summed E-state index contributed by atoms with van der Waals surface area (Å²) in [6.45, 7) is 0.443. The summed E-state index contributed by atoms with van der Waals surface area (Å²) in [6, 6.07) is -0.340. The fraction of sp³-hybridized carbons (Fsp3) is 0.700. The minimum atomic E-state index is -0.340. The van der Waals surface area contributed by atoms with Crippen LogP contribution in [0.3, 0.4) is 0 Å². The molecule has 2 N–H and O–H groups in total. The van der Waals surface area contributed by atoms with Crippen LogP contribution in [0, 0.1) is 0 Å². The normalized spacial score (nSPS) is 21.1. The zero-order valence-electron chi connectivity index (χ0n) is 9.58. The third kappa shape index (κ3) is 3.03. The maximum Gasteiger partial charge on any atom is 0.246 e. The van der Waals surface area contributed by atoms with Crippen molar-refractivity contribution in [1.29, 1.82) is 0 Å². The van der Waals surface area contributed by atoms with Crippen molar-refractivity contribution in [3.8, 4) is 0 Å². The van der Waals surface area contributed by atoms with Gasteiger partial charge >= 0.3 is 0 Å². The first kappa shape index (κ1) is 12.6. The van der Waals surface area contributed by atoms with E-state index in [9.17, 15) is 14.4 Å². The average molecular weight is 227 g/mol. The number of likely N-dealkylation sites (N-methyl/N-ethyl adjacent to an activating group) is 1. The highest BCUT2D eigenvalue weighted by atomic mass is 16.2. The molecule has 1 saturated heterocycles. The minimum absolute atomic E-state index is 0.0693. The Balaban J connectivity index is 2.35. The van der Waals surface area contributed by atoms with Crippen molar-refractivity contribution in [3.63, 3.8) is 0 Å². The summed E-state index contributed by atoms with van der Waals surface area (Å²) < 4.78 is 0. The van der Waals surface area contributed by atoms with E-state index in [1.165, 1.54) is 7.05 Å². The lowest BCUT2D eigenvalue weighted by Crippen LogP contribution is -2.51. The fourth-order valence-electron chi connectivity index (χ4n) is 1.59. The third-order valence-corrected chi connectivity index (χ3v) is 2.67. The van der Waals surface area contributed by atoms with Crippen LogP contribution in [0.1, 0.15) is 19.3 Å². The van der Waals surface area contributed by atoms with Crippen molar-refractivity contribution >= 4 is 17.7 Å². The zero-order valence-corrected chi connectivity index (χ0v) is 9.58. The SMILES string of the molecule is CNC(=O)CCNC1CCC(=O)N(C)C1=O. The first-order valence-electron chi connectivity index (χ1n) is 5.30. The third-order valence-electron chi connectivity index (χ3n) is 2.67. The Morgan fingerprint density at radius 1 is 1.50 bits per heavy atom. The summed E-state index contributed by atoms with van der Waals surface area (Å²) in [4.78, 5) is 34.9. The second kappa shape index (κ2) is 5.60. The van der Waals surface area contributed by atoms with E-state index in [4.69, 9.17) is 0 Å². The maximum absolute atomic E-state index is 11.6.